The first-order valence-corrected chi connectivity index (χ1v) is 5.59. The Morgan fingerprint density at radius 2 is 1.80 bits per heavy atom. The lowest BCUT2D eigenvalue weighted by Gasteiger charge is -2.16. The molecule has 1 aliphatic heterocycles. The maximum Gasteiger partial charge on any atom is 0.218 e. The number of ether oxygens (including phenoxy) is 1. The predicted octanol–water partition coefficient (Wildman–Crippen LogP) is 2.86. The van der Waals surface area contributed by atoms with Gasteiger partial charge in [0.05, 0.1) is 0 Å². The minimum Gasteiger partial charge on any atom is -0.386 e. The molecular formula is C10H9Cl3O2. The number of epoxide rings is 1. The van der Waals surface area contributed by atoms with E-state index in [1.165, 1.54) is 0 Å². The van der Waals surface area contributed by atoms with Gasteiger partial charge < -0.3 is 9.84 Å². The maximum atomic E-state index is 9.64. The van der Waals surface area contributed by atoms with Gasteiger partial charge in [0.1, 0.15) is 18.3 Å². The van der Waals surface area contributed by atoms with Crippen LogP contribution in [0.3, 0.4) is 0 Å². The van der Waals surface area contributed by atoms with E-state index in [1.54, 1.807) is 0 Å². The lowest BCUT2D eigenvalue weighted by atomic mass is 10.1. The molecule has 5 heteroatoms. The highest BCUT2D eigenvalue weighted by Gasteiger charge is 2.52. The van der Waals surface area contributed by atoms with Gasteiger partial charge in [0.25, 0.3) is 0 Å². The Morgan fingerprint density at radius 3 is 2.33 bits per heavy atom. The molecule has 1 aliphatic rings. The van der Waals surface area contributed by atoms with Crippen LogP contribution in [0.2, 0.25) is 0 Å². The van der Waals surface area contributed by atoms with Crippen molar-refractivity contribution < 1.29 is 9.84 Å². The Kier molecular flexibility index (Phi) is 3.15. The van der Waals surface area contributed by atoms with Crippen LogP contribution in [0.15, 0.2) is 30.3 Å². The van der Waals surface area contributed by atoms with Gasteiger partial charge in [0.2, 0.25) is 3.79 Å². The van der Waals surface area contributed by atoms with E-state index in [0.717, 1.165) is 5.56 Å². The van der Waals surface area contributed by atoms with Gasteiger partial charge in [0.15, 0.2) is 0 Å². The second kappa shape index (κ2) is 4.11. The normalized spacial score (nSPS) is 27.5. The molecule has 1 aromatic rings. The zero-order chi connectivity index (χ0) is 11.1. The van der Waals surface area contributed by atoms with E-state index in [0.29, 0.717) is 0 Å². The molecule has 0 amide bonds. The molecule has 2 rings (SSSR count). The third-order valence-electron chi connectivity index (χ3n) is 2.30. The molecule has 0 spiro atoms. The van der Waals surface area contributed by atoms with Gasteiger partial charge in [-0.25, -0.2) is 0 Å². The Morgan fingerprint density at radius 1 is 1.20 bits per heavy atom. The minimum atomic E-state index is -1.70. The molecule has 0 aliphatic carbocycles. The summed E-state index contributed by atoms with van der Waals surface area (Å²) in [7, 11) is 0. The molecule has 1 aromatic carbocycles. The van der Waals surface area contributed by atoms with E-state index in [-0.39, 0.29) is 6.10 Å². The number of halogens is 3. The summed E-state index contributed by atoms with van der Waals surface area (Å²) in [5.74, 6) is 0. The maximum absolute atomic E-state index is 9.64. The average Bonchev–Trinajstić information content (AvgIpc) is 2.96. The van der Waals surface area contributed by atoms with E-state index in [2.05, 4.69) is 0 Å². The highest BCUT2D eigenvalue weighted by Crippen LogP contribution is 2.46. The molecule has 0 radical (unpaired) electrons. The van der Waals surface area contributed by atoms with Gasteiger partial charge in [-0.2, -0.15) is 0 Å². The average molecular weight is 268 g/mol. The Balaban J connectivity index is 2.03. The van der Waals surface area contributed by atoms with Crippen LogP contribution < -0.4 is 0 Å². The number of alkyl halides is 3. The molecule has 0 aromatic heterocycles. The highest BCUT2D eigenvalue weighted by molar-refractivity contribution is 6.68. The largest absolute Gasteiger partial charge is 0.386 e. The van der Waals surface area contributed by atoms with Crippen LogP contribution in [-0.4, -0.2) is 21.1 Å². The van der Waals surface area contributed by atoms with Crippen molar-refractivity contribution in [3.63, 3.8) is 0 Å². The summed E-state index contributed by atoms with van der Waals surface area (Å²) in [5.41, 5.74) is 0.982. The van der Waals surface area contributed by atoms with Gasteiger partial charge in [-0.05, 0) is 5.56 Å². The van der Waals surface area contributed by atoms with Gasteiger partial charge in [-0.1, -0.05) is 65.1 Å². The van der Waals surface area contributed by atoms with E-state index >= 15 is 0 Å². The van der Waals surface area contributed by atoms with Gasteiger partial charge in [-0.15, -0.1) is 0 Å². The lowest BCUT2D eigenvalue weighted by molar-refractivity contribution is 0.138. The summed E-state index contributed by atoms with van der Waals surface area (Å²) in [4.78, 5) is 0. The number of hydrogen-bond donors (Lipinski definition) is 1. The van der Waals surface area contributed by atoms with Crippen LogP contribution in [0.5, 0.6) is 0 Å². The lowest BCUT2D eigenvalue weighted by Crippen LogP contribution is -2.30. The molecule has 0 bridgehead atoms. The van der Waals surface area contributed by atoms with E-state index in [9.17, 15) is 5.11 Å². The third kappa shape index (κ3) is 2.58. The second-order valence-corrected chi connectivity index (χ2v) is 5.79. The fourth-order valence-corrected chi connectivity index (χ4v) is 1.83. The van der Waals surface area contributed by atoms with Crippen molar-refractivity contribution in [1.82, 2.24) is 0 Å². The van der Waals surface area contributed by atoms with E-state index in [1.807, 2.05) is 30.3 Å². The SMILES string of the molecule is O[C@H]([C@H]1O[C@@H]1c1ccccc1)C(Cl)(Cl)Cl. The van der Waals surface area contributed by atoms with Crippen molar-refractivity contribution in [2.75, 3.05) is 0 Å². The Bertz CT molecular complexity index is 336. The Labute approximate surface area is 103 Å². The molecule has 15 heavy (non-hydrogen) atoms. The topological polar surface area (TPSA) is 32.8 Å². The fourth-order valence-electron chi connectivity index (χ4n) is 1.46. The molecule has 3 atom stereocenters. The number of rotatable bonds is 2. The van der Waals surface area contributed by atoms with E-state index < -0.39 is 16.0 Å². The van der Waals surface area contributed by atoms with Crippen LogP contribution >= 0.6 is 34.8 Å². The summed E-state index contributed by atoms with van der Waals surface area (Å²) in [6, 6.07) is 9.53. The summed E-state index contributed by atoms with van der Waals surface area (Å²) >= 11 is 16.7. The summed E-state index contributed by atoms with van der Waals surface area (Å²) in [6.07, 6.45) is -1.70. The molecule has 2 nitrogen and oxygen atoms in total. The minimum absolute atomic E-state index is 0.170. The smallest absolute Gasteiger partial charge is 0.218 e. The van der Waals surface area contributed by atoms with Crippen molar-refractivity contribution in [3.8, 4) is 0 Å². The van der Waals surface area contributed by atoms with Crippen molar-refractivity contribution in [1.29, 1.82) is 0 Å². The molecule has 1 heterocycles. The van der Waals surface area contributed by atoms with E-state index in [4.69, 9.17) is 39.5 Å². The zero-order valence-electron chi connectivity index (χ0n) is 7.61. The first-order valence-electron chi connectivity index (χ1n) is 4.45. The number of hydrogen-bond acceptors (Lipinski definition) is 2. The van der Waals surface area contributed by atoms with Crippen LogP contribution in [-0.2, 0) is 4.74 Å². The molecule has 0 unspecified atom stereocenters. The molecular weight excluding hydrogens is 258 g/mol. The van der Waals surface area contributed by atoms with Gasteiger partial charge >= 0.3 is 0 Å². The monoisotopic (exact) mass is 266 g/mol. The van der Waals surface area contributed by atoms with Crippen molar-refractivity contribution >= 4 is 34.8 Å². The predicted molar refractivity (Wildman–Crippen MR) is 60.4 cm³/mol. The second-order valence-electron chi connectivity index (χ2n) is 3.42. The number of benzene rings is 1. The van der Waals surface area contributed by atoms with Crippen molar-refractivity contribution in [2.24, 2.45) is 0 Å². The summed E-state index contributed by atoms with van der Waals surface area (Å²) in [5, 5.41) is 9.64. The standard InChI is InChI=1S/C10H9Cl3O2/c11-10(12,13)9(14)8-7(15-8)6-4-2-1-3-5-6/h1-5,7-9,14H/t7-,8+,9-/m1/s1. The Hall–Kier alpha value is 0.01000. The van der Waals surface area contributed by atoms with Crippen LogP contribution in [0.4, 0.5) is 0 Å². The number of aliphatic hydroxyl groups excluding tert-OH is 1. The molecule has 1 saturated heterocycles. The number of aliphatic hydroxyl groups is 1. The molecule has 1 N–H and O–H groups in total. The first-order chi connectivity index (χ1) is 7.00. The third-order valence-corrected chi connectivity index (χ3v) is 2.97. The van der Waals surface area contributed by atoms with Crippen molar-refractivity contribution in [2.45, 2.75) is 22.1 Å². The zero-order valence-corrected chi connectivity index (χ0v) is 9.88. The first kappa shape index (κ1) is 11.5. The van der Waals surface area contributed by atoms with Crippen LogP contribution in [0.1, 0.15) is 11.7 Å². The van der Waals surface area contributed by atoms with Crippen LogP contribution in [0, 0.1) is 0 Å². The molecule has 1 fully saturated rings. The van der Waals surface area contributed by atoms with Gasteiger partial charge in [-0.3, -0.25) is 0 Å². The van der Waals surface area contributed by atoms with Crippen LogP contribution in [0.25, 0.3) is 0 Å². The highest BCUT2D eigenvalue weighted by atomic mass is 35.6. The quantitative estimate of drug-likeness (QED) is 0.660. The molecule has 0 saturated carbocycles. The van der Waals surface area contributed by atoms with Crippen molar-refractivity contribution in [3.05, 3.63) is 35.9 Å². The summed E-state index contributed by atoms with van der Waals surface area (Å²) in [6.45, 7) is 0. The summed E-state index contributed by atoms with van der Waals surface area (Å²) < 4.78 is 3.59. The van der Waals surface area contributed by atoms with Gasteiger partial charge in [0, 0.05) is 0 Å². The molecule has 82 valence electrons. The fraction of sp³-hybridized carbons (Fsp3) is 0.400.